The van der Waals surface area contributed by atoms with Crippen molar-refractivity contribution in [2.24, 2.45) is 0 Å². The SMILES string of the molecule is CCOC(=O)C(C)NC(=O)CCNC(=O)c1ccco1. The van der Waals surface area contributed by atoms with Crippen molar-refractivity contribution in [3.63, 3.8) is 0 Å². The molecule has 110 valence electrons. The van der Waals surface area contributed by atoms with Gasteiger partial charge in [0.05, 0.1) is 12.9 Å². The number of esters is 1. The van der Waals surface area contributed by atoms with Crippen LogP contribution in [0.2, 0.25) is 0 Å². The Bertz CT molecular complexity index is 455. The van der Waals surface area contributed by atoms with Gasteiger partial charge in [-0.1, -0.05) is 0 Å². The van der Waals surface area contributed by atoms with Crippen LogP contribution >= 0.6 is 0 Å². The molecule has 0 aliphatic carbocycles. The van der Waals surface area contributed by atoms with Gasteiger partial charge in [-0.3, -0.25) is 9.59 Å². The molecule has 0 spiro atoms. The minimum absolute atomic E-state index is 0.0657. The summed E-state index contributed by atoms with van der Waals surface area (Å²) in [5.74, 6) is -1.03. The summed E-state index contributed by atoms with van der Waals surface area (Å²) in [4.78, 5) is 34.3. The van der Waals surface area contributed by atoms with Crippen molar-refractivity contribution in [1.82, 2.24) is 10.6 Å². The van der Waals surface area contributed by atoms with E-state index in [1.165, 1.54) is 19.3 Å². The van der Waals surface area contributed by atoms with Crippen molar-refractivity contribution in [1.29, 1.82) is 0 Å². The summed E-state index contributed by atoms with van der Waals surface area (Å²) in [6.07, 6.45) is 1.46. The molecule has 0 aliphatic rings. The van der Waals surface area contributed by atoms with Crippen LogP contribution in [0.3, 0.4) is 0 Å². The van der Waals surface area contributed by atoms with E-state index in [2.05, 4.69) is 10.6 Å². The van der Waals surface area contributed by atoms with E-state index in [1.807, 2.05) is 0 Å². The van der Waals surface area contributed by atoms with E-state index in [0.29, 0.717) is 0 Å². The lowest BCUT2D eigenvalue weighted by molar-refractivity contribution is -0.146. The maximum absolute atomic E-state index is 11.5. The molecular formula is C13H18N2O5. The summed E-state index contributed by atoms with van der Waals surface area (Å²) in [5, 5.41) is 5.02. The van der Waals surface area contributed by atoms with Gasteiger partial charge >= 0.3 is 5.97 Å². The second-order valence-corrected chi connectivity index (χ2v) is 4.02. The predicted octanol–water partition coefficient (Wildman–Crippen LogP) is 0.467. The van der Waals surface area contributed by atoms with E-state index in [4.69, 9.17) is 9.15 Å². The zero-order valence-electron chi connectivity index (χ0n) is 11.5. The van der Waals surface area contributed by atoms with Gasteiger partial charge in [-0.05, 0) is 26.0 Å². The predicted molar refractivity (Wildman–Crippen MR) is 69.9 cm³/mol. The fourth-order valence-electron chi connectivity index (χ4n) is 1.42. The molecule has 0 aromatic carbocycles. The third kappa shape index (κ3) is 5.13. The van der Waals surface area contributed by atoms with Gasteiger partial charge in [-0.15, -0.1) is 0 Å². The minimum atomic E-state index is -0.705. The third-order valence-corrected chi connectivity index (χ3v) is 2.40. The molecule has 7 nitrogen and oxygen atoms in total. The lowest BCUT2D eigenvalue weighted by Gasteiger charge is -2.12. The van der Waals surface area contributed by atoms with E-state index in [1.54, 1.807) is 13.0 Å². The van der Waals surface area contributed by atoms with Crippen LogP contribution in [0.15, 0.2) is 22.8 Å². The number of hydrogen-bond acceptors (Lipinski definition) is 5. The first-order valence-corrected chi connectivity index (χ1v) is 6.32. The van der Waals surface area contributed by atoms with E-state index < -0.39 is 12.0 Å². The Hall–Kier alpha value is -2.31. The van der Waals surface area contributed by atoms with Crippen molar-refractivity contribution in [2.45, 2.75) is 26.3 Å². The number of rotatable bonds is 7. The topological polar surface area (TPSA) is 97.6 Å². The van der Waals surface area contributed by atoms with Gasteiger partial charge in [-0.2, -0.15) is 0 Å². The number of ether oxygens (including phenoxy) is 1. The van der Waals surface area contributed by atoms with Gasteiger partial charge in [0.1, 0.15) is 6.04 Å². The highest BCUT2D eigenvalue weighted by Crippen LogP contribution is 1.98. The molecule has 0 bridgehead atoms. The van der Waals surface area contributed by atoms with Crippen molar-refractivity contribution >= 4 is 17.8 Å². The Morgan fingerprint density at radius 3 is 2.75 bits per heavy atom. The largest absolute Gasteiger partial charge is 0.464 e. The molecule has 1 aromatic rings. The second-order valence-electron chi connectivity index (χ2n) is 4.02. The fourth-order valence-corrected chi connectivity index (χ4v) is 1.42. The van der Waals surface area contributed by atoms with E-state index in [9.17, 15) is 14.4 Å². The maximum Gasteiger partial charge on any atom is 0.328 e. The standard InChI is InChI=1S/C13H18N2O5/c1-3-19-13(18)9(2)15-11(16)6-7-14-12(17)10-5-4-8-20-10/h4-5,8-9H,3,6-7H2,1-2H3,(H,14,17)(H,15,16). The second kappa shape index (κ2) is 7.98. The van der Waals surface area contributed by atoms with Crippen LogP contribution in [0.4, 0.5) is 0 Å². The molecule has 1 rings (SSSR count). The Morgan fingerprint density at radius 1 is 1.40 bits per heavy atom. The van der Waals surface area contributed by atoms with E-state index >= 15 is 0 Å². The normalized spacial score (nSPS) is 11.5. The number of furan rings is 1. The van der Waals surface area contributed by atoms with Crippen LogP contribution in [0.1, 0.15) is 30.8 Å². The summed E-state index contributed by atoms with van der Waals surface area (Å²) >= 11 is 0. The fraction of sp³-hybridized carbons (Fsp3) is 0.462. The van der Waals surface area contributed by atoms with Crippen LogP contribution in [0.25, 0.3) is 0 Å². The lowest BCUT2D eigenvalue weighted by atomic mass is 10.3. The summed E-state index contributed by atoms with van der Waals surface area (Å²) in [6, 6.07) is 2.42. The Labute approximate surface area is 116 Å². The van der Waals surface area contributed by atoms with Crippen molar-refractivity contribution in [2.75, 3.05) is 13.2 Å². The summed E-state index contributed by atoms with van der Waals surface area (Å²) in [6.45, 7) is 3.65. The minimum Gasteiger partial charge on any atom is -0.464 e. The van der Waals surface area contributed by atoms with E-state index in [-0.39, 0.29) is 37.1 Å². The monoisotopic (exact) mass is 282 g/mol. The van der Waals surface area contributed by atoms with E-state index in [0.717, 1.165) is 0 Å². The van der Waals surface area contributed by atoms with Crippen LogP contribution in [0, 0.1) is 0 Å². The number of amides is 2. The highest BCUT2D eigenvalue weighted by atomic mass is 16.5. The van der Waals surface area contributed by atoms with Gasteiger partial charge in [0.25, 0.3) is 5.91 Å². The average Bonchev–Trinajstić information content (AvgIpc) is 2.92. The zero-order chi connectivity index (χ0) is 15.0. The molecule has 0 saturated heterocycles. The Balaban J connectivity index is 2.23. The molecule has 2 amide bonds. The Morgan fingerprint density at radius 2 is 2.15 bits per heavy atom. The number of nitrogens with one attached hydrogen (secondary N) is 2. The average molecular weight is 282 g/mol. The highest BCUT2D eigenvalue weighted by molar-refractivity contribution is 5.91. The molecule has 20 heavy (non-hydrogen) atoms. The molecule has 7 heteroatoms. The van der Waals surface area contributed by atoms with Gasteiger partial charge in [-0.25, -0.2) is 4.79 Å². The number of carbonyl (C=O) groups is 3. The molecule has 0 aliphatic heterocycles. The van der Waals surface area contributed by atoms with Crippen LogP contribution < -0.4 is 10.6 Å². The summed E-state index contributed by atoms with van der Waals surface area (Å²) in [7, 11) is 0. The Kier molecular flexibility index (Phi) is 6.28. The molecule has 1 heterocycles. The smallest absolute Gasteiger partial charge is 0.328 e. The van der Waals surface area contributed by atoms with Gasteiger partial charge in [0.2, 0.25) is 5.91 Å². The maximum atomic E-state index is 11.5. The quantitative estimate of drug-likeness (QED) is 0.708. The molecule has 2 N–H and O–H groups in total. The van der Waals surface area contributed by atoms with Crippen LogP contribution in [0.5, 0.6) is 0 Å². The van der Waals surface area contributed by atoms with Crippen molar-refractivity contribution in [3.05, 3.63) is 24.2 Å². The van der Waals surface area contributed by atoms with Crippen molar-refractivity contribution < 1.29 is 23.5 Å². The van der Waals surface area contributed by atoms with Crippen molar-refractivity contribution in [3.8, 4) is 0 Å². The molecular weight excluding hydrogens is 264 g/mol. The molecule has 0 saturated carbocycles. The van der Waals surface area contributed by atoms with Gasteiger partial charge in [0.15, 0.2) is 5.76 Å². The third-order valence-electron chi connectivity index (χ3n) is 2.40. The first-order valence-electron chi connectivity index (χ1n) is 6.32. The zero-order valence-corrected chi connectivity index (χ0v) is 11.5. The molecule has 1 aromatic heterocycles. The lowest BCUT2D eigenvalue weighted by Crippen LogP contribution is -2.40. The molecule has 0 fully saturated rings. The van der Waals surface area contributed by atoms with Crippen LogP contribution in [-0.2, 0) is 14.3 Å². The van der Waals surface area contributed by atoms with Gasteiger partial charge in [0, 0.05) is 13.0 Å². The highest BCUT2D eigenvalue weighted by Gasteiger charge is 2.16. The first-order chi connectivity index (χ1) is 9.54. The first kappa shape index (κ1) is 15.7. The molecule has 1 atom stereocenters. The number of carbonyl (C=O) groups excluding carboxylic acids is 3. The summed E-state index contributed by atoms with van der Waals surface area (Å²) in [5.41, 5.74) is 0. The van der Waals surface area contributed by atoms with Crippen LogP contribution in [-0.4, -0.2) is 37.0 Å². The number of hydrogen-bond donors (Lipinski definition) is 2. The molecule has 0 radical (unpaired) electrons. The molecule has 1 unspecified atom stereocenters. The van der Waals surface area contributed by atoms with Gasteiger partial charge < -0.3 is 19.8 Å². The summed E-state index contributed by atoms with van der Waals surface area (Å²) < 4.78 is 9.66.